The summed E-state index contributed by atoms with van der Waals surface area (Å²) in [5.74, 6) is 1.60. The van der Waals surface area contributed by atoms with E-state index >= 15 is 0 Å². The van der Waals surface area contributed by atoms with Crippen LogP contribution in [-0.4, -0.2) is 19.1 Å². The molecule has 0 spiro atoms. The molecular weight excluding hydrogens is 350 g/mol. The summed E-state index contributed by atoms with van der Waals surface area (Å²) < 4.78 is 11.3. The van der Waals surface area contributed by atoms with Crippen molar-refractivity contribution in [1.82, 2.24) is 5.32 Å². The minimum atomic E-state index is -0.523. The first-order chi connectivity index (χ1) is 13.6. The molecule has 2 aliphatic rings. The van der Waals surface area contributed by atoms with Gasteiger partial charge in [0.15, 0.2) is 6.10 Å². The summed E-state index contributed by atoms with van der Waals surface area (Å²) in [6.45, 7) is 1.83. The molecule has 2 aromatic rings. The SMILES string of the molecule is COc1ccc2c(c1)CCC[C@@H]2NC(=O)[C@@H](C)Oc1ccc2c(c1)CCCC2. The minimum absolute atomic E-state index is 0.0386. The highest BCUT2D eigenvalue weighted by Gasteiger charge is 2.25. The van der Waals surface area contributed by atoms with Gasteiger partial charge >= 0.3 is 0 Å². The number of benzene rings is 2. The van der Waals surface area contributed by atoms with Crippen LogP contribution in [-0.2, 0) is 24.1 Å². The second-order valence-corrected chi connectivity index (χ2v) is 7.92. The Morgan fingerprint density at radius 1 is 0.964 bits per heavy atom. The maximum absolute atomic E-state index is 12.8. The molecule has 2 aromatic carbocycles. The fourth-order valence-electron chi connectivity index (χ4n) is 4.40. The number of amides is 1. The number of nitrogens with one attached hydrogen (secondary N) is 1. The molecule has 0 fully saturated rings. The molecule has 4 nitrogen and oxygen atoms in total. The Bertz CT molecular complexity index is 861. The van der Waals surface area contributed by atoms with Gasteiger partial charge in [-0.15, -0.1) is 0 Å². The number of rotatable bonds is 5. The van der Waals surface area contributed by atoms with E-state index in [0.717, 1.165) is 43.6 Å². The van der Waals surface area contributed by atoms with E-state index in [0.29, 0.717) is 0 Å². The van der Waals surface area contributed by atoms with E-state index in [1.54, 1.807) is 7.11 Å². The van der Waals surface area contributed by atoms with Gasteiger partial charge in [-0.2, -0.15) is 0 Å². The zero-order valence-corrected chi connectivity index (χ0v) is 16.8. The lowest BCUT2D eigenvalue weighted by atomic mass is 9.87. The molecule has 0 aromatic heterocycles. The van der Waals surface area contributed by atoms with Crippen molar-refractivity contribution in [3.8, 4) is 11.5 Å². The highest BCUT2D eigenvalue weighted by Crippen LogP contribution is 2.32. The van der Waals surface area contributed by atoms with Crippen LogP contribution in [0.1, 0.15) is 60.9 Å². The molecule has 0 radical (unpaired) electrons. The zero-order valence-electron chi connectivity index (χ0n) is 16.8. The topological polar surface area (TPSA) is 47.6 Å². The lowest BCUT2D eigenvalue weighted by Gasteiger charge is -2.28. The molecule has 0 aliphatic heterocycles. The summed E-state index contributed by atoms with van der Waals surface area (Å²) in [5.41, 5.74) is 5.25. The second kappa shape index (κ2) is 8.26. The highest BCUT2D eigenvalue weighted by molar-refractivity contribution is 5.81. The summed E-state index contributed by atoms with van der Waals surface area (Å²) in [4.78, 5) is 12.8. The Balaban J connectivity index is 1.41. The molecule has 1 N–H and O–H groups in total. The Hall–Kier alpha value is -2.49. The number of fused-ring (bicyclic) bond motifs is 2. The maximum atomic E-state index is 12.8. The van der Waals surface area contributed by atoms with Crippen LogP contribution >= 0.6 is 0 Å². The van der Waals surface area contributed by atoms with Gasteiger partial charge < -0.3 is 14.8 Å². The summed E-state index contributed by atoms with van der Waals surface area (Å²) in [5, 5.41) is 3.19. The summed E-state index contributed by atoms with van der Waals surface area (Å²) in [6.07, 6.45) is 7.28. The van der Waals surface area contributed by atoms with E-state index in [-0.39, 0.29) is 11.9 Å². The van der Waals surface area contributed by atoms with Crippen molar-refractivity contribution >= 4 is 5.91 Å². The van der Waals surface area contributed by atoms with E-state index in [1.807, 2.05) is 19.1 Å². The van der Waals surface area contributed by atoms with Gasteiger partial charge in [0, 0.05) is 0 Å². The number of carbonyl (C=O) groups excluding carboxylic acids is 1. The second-order valence-electron chi connectivity index (χ2n) is 7.92. The zero-order chi connectivity index (χ0) is 19.5. The van der Waals surface area contributed by atoms with Crippen molar-refractivity contribution in [2.75, 3.05) is 7.11 Å². The van der Waals surface area contributed by atoms with E-state index in [1.165, 1.54) is 35.1 Å². The molecule has 0 unspecified atom stereocenters. The third kappa shape index (κ3) is 4.01. The van der Waals surface area contributed by atoms with E-state index < -0.39 is 6.10 Å². The van der Waals surface area contributed by atoms with Crippen molar-refractivity contribution < 1.29 is 14.3 Å². The van der Waals surface area contributed by atoms with Crippen molar-refractivity contribution in [3.63, 3.8) is 0 Å². The van der Waals surface area contributed by atoms with Crippen LogP contribution in [0, 0.1) is 0 Å². The van der Waals surface area contributed by atoms with Crippen LogP contribution in [0.15, 0.2) is 36.4 Å². The van der Waals surface area contributed by atoms with E-state index in [9.17, 15) is 4.79 Å². The third-order valence-electron chi connectivity index (χ3n) is 5.98. The minimum Gasteiger partial charge on any atom is -0.497 e. The predicted octanol–water partition coefficient (Wildman–Crippen LogP) is 4.54. The molecule has 1 amide bonds. The smallest absolute Gasteiger partial charge is 0.261 e. The lowest BCUT2D eigenvalue weighted by molar-refractivity contribution is -0.128. The molecule has 0 bridgehead atoms. The normalized spacial score (nSPS) is 19.1. The maximum Gasteiger partial charge on any atom is 0.261 e. The monoisotopic (exact) mass is 379 g/mol. The average molecular weight is 380 g/mol. The predicted molar refractivity (Wildman–Crippen MR) is 110 cm³/mol. The van der Waals surface area contributed by atoms with Crippen LogP contribution in [0.3, 0.4) is 0 Å². The molecule has 4 rings (SSSR count). The number of methoxy groups -OCH3 is 1. The van der Waals surface area contributed by atoms with E-state index in [4.69, 9.17) is 9.47 Å². The first kappa shape index (κ1) is 18.9. The molecule has 0 saturated heterocycles. The Labute approximate surface area is 167 Å². The van der Waals surface area contributed by atoms with Gasteiger partial charge in [-0.1, -0.05) is 12.1 Å². The number of ether oxygens (including phenoxy) is 2. The van der Waals surface area contributed by atoms with Gasteiger partial charge in [0.25, 0.3) is 5.91 Å². The Kier molecular flexibility index (Phi) is 5.56. The van der Waals surface area contributed by atoms with Crippen molar-refractivity contribution in [1.29, 1.82) is 0 Å². The van der Waals surface area contributed by atoms with Gasteiger partial charge in [0.2, 0.25) is 0 Å². The summed E-state index contributed by atoms with van der Waals surface area (Å²) in [6, 6.07) is 12.4. The molecule has 148 valence electrons. The fraction of sp³-hybridized carbons (Fsp3) is 0.458. The van der Waals surface area contributed by atoms with Crippen LogP contribution < -0.4 is 14.8 Å². The Morgan fingerprint density at radius 3 is 2.50 bits per heavy atom. The molecule has 28 heavy (non-hydrogen) atoms. The standard InChI is InChI=1S/C24H29NO3/c1-16(28-21-11-10-17-6-3-4-7-18(17)14-21)24(26)25-23-9-5-8-19-15-20(27-2)12-13-22(19)23/h10-16,23H,3-9H2,1-2H3,(H,25,26)/t16-,23+/m1/s1. The number of aryl methyl sites for hydroxylation is 3. The summed E-state index contributed by atoms with van der Waals surface area (Å²) >= 11 is 0. The van der Waals surface area contributed by atoms with Gasteiger partial charge in [-0.3, -0.25) is 4.79 Å². The van der Waals surface area contributed by atoms with Crippen LogP contribution in [0.2, 0.25) is 0 Å². The fourth-order valence-corrected chi connectivity index (χ4v) is 4.40. The molecule has 0 saturated carbocycles. The average Bonchev–Trinajstić information content (AvgIpc) is 2.73. The van der Waals surface area contributed by atoms with Crippen LogP contribution in [0.25, 0.3) is 0 Å². The third-order valence-corrected chi connectivity index (χ3v) is 5.98. The Morgan fingerprint density at radius 2 is 1.68 bits per heavy atom. The number of hydrogen-bond donors (Lipinski definition) is 1. The first-order valence-corrected chi connectivity index (χ1v) is 10.4. The van der Waals surface area contributed by atoms with E-state index in [2.05, 4.69) is 29.6 Å². The molecule has 2 atom stereocenters. The molecule has 2 aliphatic carbocycles. The first-order valence-electron chi connectivity index (χ1n) is 10.4. The van der Waals surface area contributed by atoms with Gasteiger partial charge in [0.1, 0.15) is 11.5 Å². The van der Waals surface area contributed by atoms with Gasteiger partial charge in [-0.05, 0) is 98.4 Å². The van der Waals surface area contributed by atoms with Crippen molar-refractivity contribution in [2.24, 2.45) is 0 Å². The molecule has 0 heterocycles. The number of hydrogen-bond acceptors (Lipinski definition) is 3. The van der Waals surface area contributed by atoms with Crippen LogP contribution in [0.4, 0.5) is 0 Å². The number of carbonyl (C=O) groups is 1. The van der Waals surface area contributed by atoms with Gasteiger partial charge in [0.05, 0.1) is 13.2 Å². The molecule has 4 heteroatoms. The molecular formula is C24H29NO3. The van der Waals surface area contributed by atoms with Crippen molar-refractivity contribution in [3.05, 3.63) is 58.7 Å². The van der Waals surface area contributed by atoms with Crippen molar-refractivity contribution in [2.45, 2.75) is 64.0 Å². The highest BCUT2D eigenvalue weighted by atomic mass is 16.5. The van der Waals surface area contributed by atoms with Gasteiger partial charge in [-0.25, -0.2) is 0 Å². The lowest BCUT2D eigenvalue weighted by Crippen LogP contribution is -2.39. The quantitative estimate of drug-likeness (QED) is 0.830. The largest absolute Gasteiger partial charge is 0.497 e. The van der Waals surface area contributed by atoms with Crippen LogP contribution in [0.5, 0.6) is 11.5 Å². The summed E-state index contributed by atoms with van der Waals surface area (Å²) in [7, 11) is 1.68.